The molecule has 0 bridgehead atoms. The summed E-state index contributed by atoms with van der Waals surface area (Å²) in [5.41, 5.74) is 2.43. The highest BCUT2D eigenvalue weighted by Gasteiger charge is 2.25. The summed E-state index contributed by atoms with van der Waals surface area (Å²) >= 11 is 0. The molecule has 0 aliphatic carbocycles. The summed E-state index contributed by atoms with van der Waals surface area (Å²) < 4.78 is 60.4. The van der Waals surface area contributed by atoms with E-state index in [0.717, 1.165) is 24.8 Å². The summed E-state index contributed by atoms with van der Waals surface area (Å²) in [6.45, 7) is 6.83. The minimum absolute atomic E-state index is 0.100. The van der Waals surface area contributed by atoms with E-state index in [2.05, 4.69) is 4.72 Å². The van der Waals surface area contributed by atoms with Crippen LogP contribution in [-0.4, -0.2) is 47.4 Å². The Kier molecular flexibility index (Phi) is 7.41. The Balaban J connectivity index is 1.57. The van der Waals surface area contributed by atoms with Gasteiger partial charge in [-0.25, -0.2) is 21.6 Å². The lowest BCUT2D eigenvalue weighted by atomic mass is 10.1. The first-order valence-corrected chi connectivity index (χ1v) is 13.3. The lowest BCUT2D eigenvalue weighted by molar-refractivity contribution is 0.322. The minimum Gasteiger partial charge on any atom is -0.492 e. The fourth-order valence-corrected chi connectivity index (χ4v) is 6.95. The number of nitrogens with one attached hydrogen (secondary N) is 1. The van der Waals surface area contributed by atoms with Crippen molar-refractivity contribution in [3.63, 3.8) is 0 Å². The Morgan fingerprint density at radius 1 is 0.903 bits per heavy atom. The maximum absolute atomic E-state index is 12.7. The van der Waals surface area contributed by atoms with Gasteiger partial charge in [0.1, 0.15) is 12.4 Å². The molecule has 1 aliphatic rings. The number of rotatable bonds is 8. The second-order valence-corrected chi connectivity index (χ2v) is 11.6. The van der Waals surface area contributed by atoms with E-state index in [9.17, 15) is 16.8 Å². The normalized spacial score (nSPS) is 15.7. The van der Waals surface area contributed by atoms with E-state index in [-0.39, 0.29) is 18.0 Å². The molecule has 2 aromatic carbocycles. The summed E-state index contributed by atoms with van der Waals surface area (Å²) in [5, 5.41) is 0. The first-order chi connectivity index (χ1) is 14.6. The van der Waals surface area contributed by atoms with Gasteiger partial charge in [0.05, 0.1) is 9.79 Å². The topological polar surface area (TPSA) is 92.8 Å². The Bertz CT molecular complexity index is 1100. The van der Waals surface area contributed by atoms with Crippen LogP contribution < -0.4 is 9.46 Å². The van der Waals surface area contributed by atoms with Crippen molar-refractivity contribution < 1.29 is 21.6 Å². The van der Waals surface area contributed by atoms with Crippen LogP contribution in [0, 0.1) is 20.8 Å². The highest BCUT2D eigenvalue weighted by atomic mass is 32.2. The van der Waals surface area contributed by atoms with Crippen LogP contribution in [0.5, 0.6) is 5.75 Å². The predicted octanol–water partition coefficient (Wildman–Crippen LogP) is 3.14. The molecule has 1 saturated heterocycles. The third kappa shape index (κ3) is 5.65. The van der Waals surface area contributed by atoms with Crippen LogP contribution in [0.1, 0.15) is 36.0 Å². The fourth-order valence-electron chi connectivity index (χ4n) is 3.97. The molecule has 0 atom stereocenters. The molecule has 0 aromatic heterocycles. The lowest BCUT2D eigenvalue weighted by Crippen LogP contribution is -2.35. The Labute approximate surface area is 185 Å². The number of ether oxygens (including phenoxy) is 1. The quantitative estimate of drug-likeness (QED) is 0.604. The van der Waals surface area contributed by atoms with Gasteiger partial charge in [-0.15, -0.1) is 0 Å². The monoisotopic (exact) mass is 466 g/mol. The van der Waals surface area contributed by atoms with Crippen LogP contribution in [0.3, 0.4) is 0 Å². The van der Waals surface area contributed by atoms with Crippen LogP contribution in [0.25, 0.3) is 0 Å². The van der Waals surface area contributed by atoms with E-state index >= 15 is 0 Å². The molecule has 0 saturated carbocycles. The van der Waals surface area contributed by atoms with Crippen molar-refractivity contribution in [2.45, 2.75) is 49.8 Å². The molecule has 31 heavy (non-hydrogen) atoms. The summed E-state index contributed by atoms with van der Waals surface area (Å²) in [5.74, 6) is 0.486. The molecular weight excluding hydrogens is 436 g/mol. The summed E-state index contributed by atoms with van der Waals surface area (Å²) in [6, 6.07) is 9.94. The highest BCUT2D eigenvalue weighted by molar-refractivity contribution is 7.89. The molecule has 1 heterocycles. The fraction of sp³-hybridized carbons (Fsp3) is 0.455. The zero-order chi connectivity index (χ0) is 22.6. The van der Waals surface area contributed by atoms with Crippen molar-refractivity contribution in [3.05, 3.63) is 53.1 Å². The molecule has 2 aromatic rings. The summed E-state index contributed by atoms with van der Waals surface area (Å²) in [6.07, 6.45) is 2.83. The van der Waals surface area contributed by atoms with Gasteiger partial charge in [-0.1, -0.05) is 24.1 Å². The summed E-state index contributed by atoms with van der Waals surface area (Å²) in [7, 11) is -7.13. The average Bonchev–Trinajstić information content (AvgIpc) is 2.71. The number of sulfonamides is 2. The molecule has 0 unspecified atom stereocenters. The Morgan fingerprint density at radius 3 is 2.06 bits per heavy atom. The van der Waals surface area contributed by atoms with Crippen LogP contribution in [0.2, 0.25) is 0 Å². The first kappa shape index (κ1) is 23.7. The average molecular weight is 467 g/mol. The zero-order valence-corrected chi connectivity index (χ0v) is 19.9. The second kappa shape index (κ2) is 9.68. The van der Waals surface area contributed by atoms with Gasteiger partial charge in [0, 0.05) is 19.6 Å². The van der Waals surface area contributed by atoms with Crippen LogP contribution in [-0.2, 0) is 20.0 Å². The Hall–Kier alpha value is -1.94. The van der Waals surface area contributed by atoms with E-state index in [4.69, 9.17) is 4.74 Å². The van der Waals surface area contributed by atoms with Crippen molar-refractivity contribution >= 4 is 20.0 Å². The van der Waals surface area contributed by atoms with Gasteiger partial charge in [0.2, 0.25) is 20.0 Å². The molecule has 3 rings (SSSR count). The van der Waals surface area contributed by atoms with E-state index in [1.807, 2.05) is 19.1 Å². The van der Waals surface area contributed by atoms with Crippen molar-refractivity contribution in [1.82, 2.24) is 9.03 Å². The zero-order valence-electron chi connectivity index (χ0n) is 18.2. The molecule has 0 amide bonds. The van der Waals surface area contributed by atoms with E-state index in [0.29, 0.717) is 34.9 Å². The minimum atomic E-state index is -3.65. The molecular formula is C22H30N2O5S2. The number of aryl methyl sites for hydroxylation is 3. The summed E-state index contributed by atoms with van der Waals surface area (Å²) in [4.78, 5) is 0.540. The molecule has 0 spiro atoms. The van der Waals surface area contributed by atoms with Gasteiger partial charge >= 0.3 is 0 Å². The lowest BCUT2D eigenvalue weighted by Gasteiger charge is -2.25. The molecule has 9 heteroatoms. The molecule has 1 aliphatic heterocycles. The van der Waals surface area contributed by atoms with Crippen molar-refractivity contribution in [2.24, 2.45) is 0 Å². The van der Waals surface area contributed by atoms with Crippen LogP contribution in [0.15, 0.2) is 46.2 Å². The third-order valence-electron chi connectivity index (χ3n) is 5.31. The van der Waals surface area contributed by atoms with Gasteiger partial charge in [-0.2, -0.15) is 4.31 Å². The number of benzene rings is 2. The van der Waals surface area contributed by atoms with E-state index < -0.39 is 20.0 Å². The number of nitrogens with zero attached hydrogens (tertiary/aromatic N) is 1. The predicted molar refractivity (Wildman–Crippen MR) is 120 cm³/mol. The van der Waals surface area contributed by atoms with Crippen molar-refractivity contribution in [2.75, 3.05) is 26.2 Å². The molecule has 1 fully saturated rings. The molecule has 7 nitrogen and oxygen atoms in total. The number of hydrogen-bond donors (Lipinski definition) is 1. The van der Waals surface area contributed by atoms with Crippen LogP contribution in [0.4, 0.5) is 0 Å². The molecule has 170 valence electrons. The number of hydrogen-bond acceptors (Lipinski definition) is 5. The van der Waals surface area contributed by atoms with Crippen molar-refractivity contribution in [3.8, 4) is 5.75 Å². The first-order valence-electron chi connectivity index (χ1n) is 10.4. The highest BCUT2D eigenvalue weighted by Crippen LogP contribution is 2.23. The molecule has 0 radical (unpaired) electrons. The third-order valence-corrected chi connectivity index (χ3v) is 8.99. The van der Waals surface area contributed by atoms with Gasteiger partial charge in [0.15, 0.2) is 0 Å². The second-order valence-electron chi connectivity index (χ2n) is 7.91. The van der Waals surface area contributed by atoms with E-state index in [1.165, 1.54) is 16.4 Å². The van der Waals surface area contributed by atoms with Crippen LogP contribution >= 0.6 is 0 Å². The smallest absolute Gasteiger partial charge is 0.243 e. The van der Waals surface area contributed by atoms with Crippen molar-refractivity contribution in [1.29, 1.82) is 0 Å². The van der Waals surface area contributed by atoms with Gasteiger partial charge in [-0.05, 0) is 69.0 Å². The number of piperidine rings is 1. The van der Waals surface area contributed by atoms with Gasteiger partial charge in [0.25, 0.3) is 0 Å². The molecule has 1 N–H and O–H groups in total. The van der Waals surface area contributed by atoms with Gasteiger partial charge < -0.3 is 4.74 Å². The maximum Gasteiger partial charge on any atom is 0.243 e. The van der Waals surface area contributed by atoms with E-state index in [1.54, 1.807) is 26.0 Å². The van der Waals surface area contributed by atoms with Gasteiger partial charge in [-0.3, -0.25) is 0 Å². The standard InChI is InChI=1S/C22H30N2O5S2/c1-17-15-18(2)22(19(3)16-17)30(25,26)23-11-14-29-20-7-9-21(10-8-20)31(27,28)24-12-5-4-6-13-24/h7-10,15-16,23H,4-6,11-14H2,1-3H3. The maximum atomic E-state index is 12.7. The largest absolute Gasteiger partial charge is 0.492 e. The Morgan fingerprint density at radius 2 is 1.48 bits per heavy atom. The SMILES string of the molecule is Cc1cc(C)c(S(=O)(=O)NCCOc2ccc(S(=O)(=O)N3CCCCC3)cc2)c(C)c1.